The normalized spacial score (nSPS) is 36.1. The van der Waals surface area contributed by atoms with E-state index in [1.807, 2.05) is 0 Å². The van der Waals surface area contributed by atoms with Crippen molar-refractivity contribution >= 4 is 5.91 Å². The smallest absolute Gasteiger partial charge is 0.226 e. The summed E-state index contributed by atoms with van der Waals surface area (Å²) in [6, 6.07) is 0. The lowest BCUT2D eigenvalue weighted by atomic mass is 9.90. The number of likely N-dealkylation sites (tertiary alicyclic amines) is 1. The molecule has 0 aliphatic carbocycles. The lowest BCUT2D eigenvalue weighted by Gasteiger charge is -2.37. The predicted molar refractivity (Wildman–Crippen MR) is 65.1 cm³/mol. The van der Waals surface area contributed by atoms with Crippen LogP contribution in [0.4, 0.5) is 0 Å². The minimum Gasteiger partial charge on any atom is -0.342 e. The van der Waals surface area contributed by atoms with Crippen LogP contribution in [0.2, 0.25) is 0 Å². The molecule has 2 rings (SSSR count). The molecule has 3 unspecified atom stereocenters. The fraction of sp³-hybridized carbons (Fsp3) is 0.923. The molecule has 0 aromatic rings. The van der Waals surface area contributed by atoms with Gasteiger partial charge in [0.25, 0.3) is 0 Å². The van der Waals surface area contributed by atoms with Gasteiger partial charge in [-0.1, -0.05) is 13.8 Å². The zero-order valence-corrected chi connectivity index (χ0v) is 10.5. The van der Waals surface area contributed by atoms with Crippen molar-refractivity contribution in [2.75, 3.05) is 26.2 Å². The molecule has 16 heavy (non-hydrogen) atoms. The lowest BCUT2D eigenvalue weighted by molar-refractivity contribution is -0.138. The van der Waals surface area contributed by atoms with Crippen LogP contribution >= 0.6 is 0 Å². The molecule has 2 heterocycles. The summed E-state index contributed by atoms with van der Waals surface area (Å²) in [5, 5.41) is 3.33. The van der Waals surface area contributed by atoms with Crippen LogP contribution in [0.15, 0.2) is 0 Å². The van der Waals surface area contributed by atoms with Gasteiger partial charge in [0.05, 0.1) is 5.92 Å². The fourth-order valence-electron chi connectivity index (χ4n) is 3.16. The molecule has 3 heteroatoms. The van der Waals surface area contributed by atoms with Gasteiger partial charge in [0, 0.05) is 19.6 Å². The third-order valence-corrected chi connectivity index (χ3v) is 3.83. The average Bonchev–Trinajstić information content (AvgIpc) is 2.28. The average molecular weight is 224 g/mol. The molecule has 0 bridgehead atoms. The van der Waals surface area contributed by atoms with E-state index in [4.69, 9.17) is 0 Å². The van der Waals surface area contributed by atoms with Crippen molar-refractivity contribution in [1.29, 1.82) is 0 Å². The Labute approximate surface area is 98.6 Å². The van der Waals surface area contributed by atoms with Gasteiger partial charge in [-0.25, -0.2) is 0 Å². The zero-order chi connectivity index (χ0) is 11.5. The molecule has 0 spiro atoms. The highest BCUT2D eigenvalue weighted by molar-refractivity contribution is 5.79. The molecule has 3 nitrogen and oxygen atoms in total. The standard InChI is InChI=1S/C13H24N2O/c1-10-6-11(2)9-15(8-10)13(16)12-4-3-5-14-7-12/h10-12,14H,3-9H2,1-2H3. The van der Waals surface area contributed by atoms with Gasteiger partial charge in [-0.15, -0.1) is 0 Å². The highest BCUT2D eigenvalue weighted by Gasteiger charge is 2.30. The van der Waals surface area contributed by atoms with Crippen molar-refractivity contribution in [1.82, 2.24) is 10.2 Å². The zero-order valence-electron chi connectivity index (χ0n) is 10.5. The highest BCUT2D eigenvalue weighted by atomic mass is 16.2. The van der Waals surface area contributed by atoms with Crippen molar-refractivity contribution < 1.29 is 4.79 Å². The number of hydrogen-bond donors (Lipinski definition) is 1. The summed E-state index contributed by atoms with van der Waals surface area (Å²) in [5.74, 6) is 1.98. The van der Waals surface area contributed by atoms with E-state index < -0.39 is 0 Å². The Bertz CT molecular complexity index is 238. The molecule has 1 N–H and O–H groups in total. The first-order valence-electron chi connectivity index (χ1n) is 6.66. The topological polar surface area (TPSA) is 32.3 Å². The van der Waals surface area contributed by atoms with Crippen LogP contribution in [-0.4, -0.2) is 37.0 Å². The monoisotopic (exact) mass is 224 g/mol. The Morgan fingerprint density at radius 2 is 1.94 bits per heavy atom. The molecule has 0 radical (unpaired) electrons. The van der Waals surface area contributed by atoms with Crippen molar-refractivity contribution in [3.05, 3.63) is 0 Å². The first-order chi connectivity index (χ1) is 7.66. The molecular formula is C13H24N2O. The number of rotatable bonds is 1. The molecule has 2 saturated heterocycles. The highest BCUT2D eigenvalue weighted by Crippen LogP contribution is 2.23. The summed E-state index contributed by atoms with van der Waals surface area (Å²) < 4.78 is 0. The molecule has 0 saturated carbocycles. The Morgan fingerprint density at radius 1 is 1.25 bits per heavy atom. The van der Waals surface area contributed by atoms with E-state index in [0.29, 0.717) is 17.7 Å². The van der Waals surface area contributed by atoms with Crippen LogP contribution in [0.25, 0.3) is 0 Å². The summed E-state index contributed by atoms with van der Waals surface area (Å²) in [4.78, 5) is 14.4. The van der Waals surface area contributed by atoms with E-state index in [1.54, 1.807) is 0 Å². The molecule has 2 fully saturated rings. The van der Waals surface area contributed by atoms with E-state index in [2.05, 4.69) is 24.1 Å². The van der Waals surface area contributed by atoms with Gasteiger partial charge < -0.3 is 10.2 Å². The van der Waals surface area contributed by atoms with Gasteiger partial charge in [0.2, 0.25) is 5.91 Å². The van der Waals surface area contributed by atoms with Crippen LogP contribution in [0.5, 0.6) is 0 Å². The number of piperidine rings is 2. The van der Waals surface area contributed by atoms with Crippen molar-refractivity contribution in [3.8, 4) is 0 Å². The maximum atomic E-state index is 12.3. The maximum absolute atomic E-state index is 12.3. The van der Waals surface area contributed by atoms with Crippen molar-refractivity contribution in [2.24, 2.45) is 17.8 Å². The molecule has 92 valence electrons. The molecule has 2 aliphatic rings. The second-order valence-corrected chi connectivity index (χ2v) is 5.73. The van der Waals surface area contributed by atoms with E-state index >= 15 is 0 Å². The number of amides is 1. The second-order valence-electron chi connectivity index (χ2n) is 5.73. The van der Waals surface area contributed by atoms with Crippen LogP contribution < -0.4 is 5.32 Å². The molecule has 3 atom stereocenters. The minimum atomic E-state index is 0.242. The van der Waals surface area contributed by atoms with Gasteiger partial charge >= 0.3 is 0 Å². The fourth-order valence-corrected chi connectivity index (χ4v) is 3.16. The van der Waals surface area contributed by atoms with Gasteiger partial charge in [0.1, 0.15) is 0 Å². The van der Waals surface area contributed by atoms with Crippen LogP contribution in [0.3, 0.4) is 0 Å². The van der Waals surface area contributed by atoms with Gasteiger partial charge in [-0.05, 0) is 37.6 Å². The summed E-state index contributed by atoms with van der Waals surface area (Å²) in [6.07, 6.45) is 3.49. The molecule has 0 aromatic heterocycles. The lowest BCUT2D eigenvalue weighted by Crippen LogP contribution is -2.48. The maximum Gasteiger partial charge on any atom is 0.226 e. The first kappa shape index (κ1) is 11.9. The van der Waals surface area contributed by atoms with Crippen LogP contribution in [-0.2, 0) is 4.79 Å². The number of nitrogens with one attached hydrogen (secondary N) is 1. The van der Waals surface area contributed by atoms with Crippen molar-refractivity contribution in [2.45, 2.75) is 33.1 Å². The summed E-state index contributed by atoms with van der Waals surface area (Å²) in [5.41, 5.74) is 0. The predicted octanol–water partition coefficient (Wildman–Crippen LogP) is 1.49. The Balaban J connectivity index is 1.92. The first-order valence-corrected chi connectivity index (χ1v) is 6.66. The third kappa shape index (κ3) is 2.76. The SMILES string of the molecule is CC1CC(C)CN(C(=O)C2CCCNC2)C1. The van der Waals surface area contributed by atoms with Crippen LogP contribution in [0.1, 0.15) is 33.1 Å². The van der Waals surface area contributed by atoms with E-state index in [1.165, 1.54) is 6.42 Å². The molecular weight excluding hydrogens is 200 g/mol. The Morgan fingerprint density at radius 3 is 2.50 bits per heavy atom. The summed E-state index contributed by atoms with van der Waals surface area (Å²) in [6.45, 7) is 8.43. The summed E-state index contributed by atoms with van der Waals surface area (Å²) in [7, 11) is 0. The molecule has 0 aromatic carbocycles. The Kier molecular flexibility index (Phi) is 3.85. The third-order valence-electron chi connectivity index (χ3n) is 3.83. The van der Waals surface area contributed by atoms with Gasteiger partial charge in [-0.3, -0.25) is 4.79 Å². The Hall–Kier alpha value is -0.570. The number of carbonyl (C=O) groups excluding carboxylic acids is 1. The van der Waals surface area contributed by atoms with E-state index in [9.17, 15) is 4.79 Å². The number of hydrogen-bond acceptors (Lipinski definition) is 2. The second kappa shape index (κ2) is 5.17. The molecule has 2 aliphatic heterocycles. The molecule has 1 amide bonds. The van der Waals surface area contributed by atoms with E-state index in [0.717, 1.165) is 39.0 Å². The van der Waals surface area contributed by atoms with Crippen molar-refractivity contribution in [3.63, 3.8) is 0 Å². The minimum absolute atomic E-state index is 0.242. The quantitative estimate of drug-likeness (QED) is 0.732. The van der Waals surface area contributed by atoms with Gasteiger partial charge in [-0.2, -0.15) is 0 Å². The largest absolute Gasteiger partial charge is 0.342 e. The number of carbonyl (C=O) groups is 1. The van der Waals surface area contributed by atoms with Crippen LogP contribution in [0, 0.1) is 17.8 Å². The van der Waals surface area contributed by atoms with Gasteiger partial charge in [0.15, 0.2) is 0 Å². The van der Waals surface area contributed by atoms with E-state index in [-0.39, 0.29) is 5.92 Å². The summed E-state index contributed by atoms with van der Waals surface area (Å²) >= 11 is 0. The number of nitrogens with zero attached hydrogens (tertiary/aromatic N) is 1.